The number of carbonyl (C=O) groups is 4. The van der Waals surface area contributed by atoms with Crippen LogP contribution in [0.2, 0.25) is 0 Å². The highest BCUT2D eigenvalue weighted by Crippen LogP contribution is 2.40. The van der Waals surface area contributed by atoms with E-state index in [0.717, 1.165) is 37.1 Å². The van der Waals surface area contributed by atoms with Crippen LogP contribution in [0, 0.1) is 25.5 Å². The van der Waals surface area contributed by atoms with Crippen molar-refractivity contribution in [2.75, 3.05) is 24.3 Å². The number of carboxylic acid groups (broad SMARTS) is 1. The Bertz CT molecular complexity index is 3380. The van der Waals surface area contributed by atoms with Gasteiger partial charge in [-0.15, -0.1) is 10.2 Å². The number of amides is 1. The van der Waals surface area contributed by atoms with Gasteiger partial charge in [0, 0.05) is 38.1 Å². The molecule has 23 nitrogen and oxygen atoms in total. The van der Waals surface area contributed by atoms with Gasteiger partial charge in [0.25, 0.3) is 5.91 Å². The molecule has 8 aromatic rings. The van der Waals surface area contributed by atoms with Crippen molar-refractivity contribution in [3.05, 3.63) is 131 Å². The Morgan fingerprint density at radius 3 is 1.64 bits per heavy atom. The fraction of sp³-hybridized carbons (Fsp3) is 0.320. The number of imidazole rings is 2. The molecule has 2 unspecified atom stereocenters. The van der Waals surface area contributed by atoms with Crippen LogP contribution in [-0.4, -0.2) is 112 Å². The molecule has 2 aliphatic carbocycles. The fourth-order valence-corrected chi connectivity index (χ4v) is 7.66. The number of nitrogens with zero attached hydrogens (tertiary/aromatic N) is 14. The van der Waals surface area contributed by atoms with E-state index in [-0.39, 0.29) is 48.2 Å². The number of anilines is 2. The number of nitrogens with two attached hydrogens (primary N) is 1. The van der Waals surface area contributed by atoms with Crippen LogP contribution >= 0.6 is 0 Å². The van der Waals surface area contributed by atoms with Crippen molar-refractivity contribution in [1.29, 1.82) is 0 Å². The Balaban J connectivity index is 0.000000165. The van der Waals surface area contributed by atoms with E-state index in [1.807, 2.05) is 23.9 Å². The van der Waals surface area contributed by atoms with Crippen molar-refractivity contribution in [3.8, 4) is 34.4 Å². The van der Waals surface area contributed by atoms with E-state index in [2.05, 4.69) is 56.3 Å². The number of pyridine rings is 2. The van der Waals surface area contributed by atoms with Gasteiger partial charge in [-0.25, -0.2) is 42.9 Å². The van der Waals surface area contributed by atoms with Gasteiger partial charge in [-0.2, -0.15) is 0 Å². The van der Waals surface area contributed by atoms with Crippen LogP contribution in [-0.2, 0) is 19.1 Å². The van der Waals surface area contributed by atoms with Gasteiger partial charge in [-0.1, -0.05) is 12.1 Å². The number of aromatic carboxylic acids is 1. The summed E-state index contributed by atoms with van der Waals surface area (Å²) in [6.45, 7) is 10.1. The number of carbonyl (C=O) groups excluding carboxylic acids is 3. The third kappa shape index (κ3) is 12.9. The molecule has 388 valence electrons. The molecule has 75 heavy (non-hydrogen) atoms. The number of rotatable bonds is 15. The number of nitrogen functional groups attached to an aromatic ring is 1. The molecule has 0 spiro atoms. The molecule has 10 rings (SSSR count). The van der Waals surface area contributed by atoms with Gasteiger partial charge in [-0.05, 0) is 134 Å². The third-order valence-corrected chi connectivity index (χ3v) is 11.9. The normalized spacial score (nSPS) is 13.6. The predicted octanol–water partition coefficient (Wildman–Crippen LogP) is 6.96. The van der Waals surface area contributed by atoms with Crippen LogP contribution in [0.5, 0.6) is 0 Å². The summed E-state index contributed by atoms with van der Waals surface area (Å²) in [7, 11) is 0. The smallest absolute Gasteiger partial charge is 0.338 e. The summed E-state index contributed by atoms with van der Waals surface area (Å²) in [5.41, 5.74) is 10.9. The third-order valence-electron chi connectivity index (χ3n) is 11.9. The number of nitrogens with one attached hydrogen (secondary N) is 1. The summed E-state index contributed by atoms with van der Waals surface area (Å²) in [5.74, 6) is -1.61. The molecule has 2 fully saturated rings. The molecule has 0 saturated heterocycles. The second-order valence-electron chi connectivity index (χ2n) is 18.0. The summed E-state index contributed by atoms with van der Waals surface area (Å²) in [5, 5.41) is 34.7. The van der Waals surface area contributed by atoms with Gasteiger partial charge >= 0.3 is 17.9 Å². The molecule has 1 amide bonds. The molecule has 6 heterocycles. The number of hydrogen-bond acceptors (Lipinski definition) is 17. The van der Waals surface area contributed by atoms with Gasteiger partial charge in [0.05, 0.1) is 58.6 Å². The quantitative estimate of drug-likeness (QED) is 0.0874. The maximum absolute atomic E-state index is 14.8. The van der Waals surface area contributed by atoms with E-state index >= 15 is 0 Å². The zero-order chi connectivity index (χ0) is 53.5. The molecular formula is C50H52F2N16O7. The average Bonchev–Trinajstić information content (AvgIpc) is 4.11. The van der Waals surface area contributed by atoms with Crippen molar-refractivity contribution < 1.29 is 42.5 Å². The first-order valence-electron chi connectivity index (χ1n) is 23.7. The highest BCUT2D eigenvalue weighted by Gasteiger charge is 2.28. The topological polar surface area (TPSA) is 294 Å². The summed E-state index contributed by atoms with van der Waals surface area (Å²) in [4.78, 5) is 63.4. The Morgan fingerprint density at radius 2 is 1.17 bits per heavy atom. The van der Waals surface area contributed by atoms with Crippen molar-refractivity contribution in [3.63, 3.8) is 0 Å². The van der Waals surface area contributed by atoms with E-state index < -0.39 is 29.5 Å². The summed E-state index contributed by atoms with van der Waals surface area (Å²) in [6.07, 6.45) is 11.7. The Morgan fingerprint density at radius 1 is 0.707 bits per heavy atom. The number of hydrogen-bond donors (Lipinski definition) is 3. The van der Waals surface area contributed by atoms with Crippen LogP contribution in [0.1, 0.15) is 121 Å². The summed E-state index contributed by atoms with van der Waals surface area (Å²) < 4.78 is 45.0. The molecular weight excluding hydrogens is 975 g/mol. The first-order chi connectivity index (χ1) is 35.9. The van der Waals surface area contributed by atoms with Gasteiger partial charge in [-0.3, -0.25) is 14.4 Å². The highest BCUT2D eigenvalue weighted by atomic mass is 19.1. The lowest BCUT2D eigenvalue weighted by Gasteiger charge is -2.13. The second kappa shape index (κ2) is 22.7. The first kappa shape index (κ1) is 52.2. The Kier molecular flexibility index (Phi) is 15.8. The Hall–Kier alpha value is -9.16. The SMILES string of the molecule is CC(=O)OCC(C)n1nnnc1-c1cccc(N)n1.CC(=O)OCC(C)n1nnnc1-c1cccc(NC(=O)c2cc(-n3cnc(C4CC4)c3)c(C)cc2F)n1.Cc1cc(F)c(C(=O)O)cc1-n1cnc(C2CC2)c1. The minimum Gasteiger partial charge on any atom is -0.478 e. The fourth-order valence-electron chi connectivity index (χ4n) is 7.66. The lowest BCUT2D eigenvalue weighted by Crippen LogP contribution is -2.18. The molecule has 0 bridgehead atoms. The van der Waals surface area contributed by atoms with Crippen molar-refractivity contribution in [1.82, 2.24) is 69.5 Å². The molecule has 0 radical (unpaired) electrons. The van der Waals surface area contributed by atoms with Crippen molar-refractivity contribution in [2.45, 2.75) is 91.1 Å². The van der Waals surface area contributed by atoms with Crippen LogP contribution in [0.3, 0.4) is 0 Å². The van der Waals surface area contributed by atoms with Gasteiger partial charge in [0.2, 0.25) is 11.6 Å². The molecule has 0 aliphatic heterocycles. The lowest BCUT2D eigenvalue weighted by molar-refractivity contribution is -0.142. The number of halogens is 2. The zero-order valence-electron chi connectivity index (χ0n) is 41.6. The van der Waals surface area contributed by atoms with Gasteiger partial charge < -0.3 is 34.8 Å². The van der Waals surface area contributed by atoms with Crippen molar-refractivity contribution in [2.24, 2.45) is 0 Å². The number of aryl methyl sites for hydroxylation is 2. The highest BCUT2D eigenvalue weighted by molar-refractivity contribution is 6.04. The minimum atomic E-state index is -1.26. The van der Waals surface area contributed by atoms with E-state index in [4.69, 9.17) is 20.3 Å². The molecule has 2 saturated carbocycles. The number of benzene rings is 2. The first-order valence-corrected chi connectivity index (χ1v) is 23.7. The molecule has 25 heteroatoms. The molecule has 4 N–H and O–H groups in total. The zero-order valence-corrected chi connectivity index (χ0v) is 41.6. The average molecular weight is 1030 g/mol. The van der Waals surface area contributed by atoms with Crippen LogP contribution in [0.15, 0.2) is 85.7 Å². The standard InChI is InChI=1S/C25H25FN8O3.C14H13FN2O2.C11H14N6O2/c1-14-9-19(26)18(10-22(14)33-11-21(27-13-33)17-7-8-17)25(36)29-23-6-4-5-20(28-23)24-30-31-32-34(24)15(2)12-37-16(3)35;1-8-4-11(15)10(14(18)19)5-13(8)17-6-12(16-7-17)9-2-3-9;1-7(6-19-8(2)18)17-11(14-15-16-17)9-4-3-5-10(12)13-9/h4-6,9-11,13,15,17H,7-8,12H2,1-3H3,(H,28,29,36);4-7,9H,2-3H2,1H3,(H,18,19);3-5,7H,6H2,1-2H3,(H2,12,13). The summed E-state index contributed by atoms with van der Waals surface area (Å²) >= 11 is 0. The number of esters is 2. The second-order valence-corrected chi connectivity index (χ2v) is 18.0. The van der Waals surface area contributed by atoms with E-state index in [9.17, 15) is 28.0 Å². The molecule has 2 aliphatic rings. The van der Waals surface area contributed by atoms with Crippen LogP contribution in [0.4, 0.5) is 20.4 Å². The van der Waals surface area contributed by atoms with E-state index in [1.54, 1.807) is 79.1 Å². The lowest BCUT2D eigenvalue weighted by atomic mass is 10.1. The number of ether oxygens (including phenoxy) is 2. The maximum atomic E-state index is 14.8. The maximum Gasteiger partial charge on any atom is 0.338 e. The number of carboxylic acids is 1. The monoisotopic (exact) mass is 1030 g/mol. The predicted molar refractivity (Wildman–Crippen MR) is 265 cm³/mol. The molecule has 2 aromatic carbocycles. The van der Waals surface area contributed by atoms with Gasteiger partial charge in [0.1, 0.15) is 47.9 Å². The number of aromatic nitrogens is 14. The largest absolute Gasteiger partial charge is 0.478 e. The summed E-state index contributed by atoms with van der Waals surface area (Å²) in [6, 6.07) is 15.1. The molecule has 6 aromatic heterocycles. The van der Waals surface area contributed by atoms with Gasteiger partial charge in [0.15, 0.2) is 0 Å². The Labute approximate surface area is 427 Å². The van der Waals surface area contributed by atoms with Crippen LogP contribution < -0.4 is 11.1 Å². The number of tetrazole rings is 2. The molecule has 2 atom stereocenters. The van der Waals surface area contributed by atoms with Crippen LogP contribution in [0.25, 0.3) is 34.4 Å². The minimum absolute atomic E-state index is 0.0812. The van der Waals surface area contributed by atoms with E-state index in [0.29, 0.717) is 63.2 Å². The van der Waals surface area contributed by atoms with E-state index in [1.165, 1.54) is 42.8 Å². The van der Waals surface area contributed by atoms with Crippen molar-refractivity contribution >= 4 is 35.5 Å².